The molecule has 0 radical (unpaired) electrons. The fourth-order valence-electron chi connectivity index (χ4n) is 2.44. The average Bonchev–Trinajstić information content (AvgIpc) is 2.68. The van der Waals surface area contributed by atoms with Crippen LogP contribution >= 0.6 is 0 Å². The highest BCUT2D eigenvalue weighted by Gasteiger charge is 2.21. The Morgan fingerprint density at radius 3 is 2.48 bits per heavy atom. The van der Waals surface area contributed by atoms with Crippen molar-refractivity contribution in [2.45, 2.75) is 6.54 Å². The number of carbonyl (C=O) groups excluding carboxylic acids is 3. The molecule has 0 aliphatic carbocycles. The molecule has 11 heteroatoms. The Morgan fingerprint density at radius 2 is 1.90 bits per heavy atom. The molecule has 1 heterocycles. The van der Waals surface area contributed by atoms with Gasteiger partial charge in [-0.3, -0.25) is 29.1 Å². The van der Waals surface area contributed by atoms with Crippen molar-refractivity contribution in [2.75, 3.05) is 26.5 Å². The third-order valence-corrected chi connectivity index (χ3v) is 3.80. The number of methoxy groups -OCH3 is 1. The maximum Gasteiger partial charge on any atom is 0.339 e. The number of ether oxygens (including phenoxy) is 1. The predicted octanol–water partition coefficient (Wildman–Crippen LogP) is 0.884. The van der Waals surface area contributed by atoms with E-state index < -0.39 is 34.6 Å². The zero-order valence-corrected chi connectivity index (χ0v) is 15.9. The number of pyridine rings is 1. The minimum absolute atomic E-state index is 0.245. The number of nitrogens with one attached hydrogen (secondary N) is 1. The molecule has 0 saturated heterocycles. The second-order valence-electron chi connectivity index (χ2n) is 6.12. The van der Waals surface area contributed by atoms with Crippen molar-refractivity contribution in [3.8, 4) is 0 Å². The zero-order chi connectivity index (χ0) is 21.7. The van der Waals surface area contributed by atoms with Gasteiger partial charge in [-0.1, -0.05) is 6.07 Å². The summed E-state index contributed by atoms with van der Waals surface area (Å²) in [7, 11) is 4.25. The van der Waals surface area contributed by atoms with Crippen molar-refractivity contribution in [1.82, 2.24) is 9.47 Å². The van der Waals surface area contributed by atoms with Crippen molar-refractivity contribution in [3.05, 3.63) is 68.1 Å². The molecule has 2 rings (SSSR count). The summed E-state index contributed by atoms with van der Waals surface area (Å²) >= 11 is 0. The van der Waals surface area contributed by atoms with Crippen molar-refractivity contribution < 1.29 is 24.0 Å². The molecule has 2 amide bonds. The first-order valence-corrected chi connectivity index (χ1v) is 8.22. The Morgan fingerprint density at radius 1 is 1.21 bits per heavy atom. The number of nitrogens with zero attached hydrogens (tertiary/aromatic N) is 3. The van der Waals surface area contributed by atoms with E-state index in [0.717, 1.165) is 23.9 Å². The maximum atomic E-state index is 12.3. The molecule has 0 bridgehead atoms. The van der Waals surface area contributed by atoms with Crippen LogP contribution in [0.4, 0.5) is 11.4 Å². The minimum atomic E-state index is -1.05. The first-order chi connectivity index (χ1) is 13.6. The van der Waals surface area contributed by atoms with Gasteiger partial charge >= 0.3 is 17.2 Å². The number of benzene rings is 1. The molecule has 0 spiro atoms. The Hall–Kier alpha value is -4.02. The summed E-state index contributed by atoms with van der Waals surface area (Å²) in [5.74, 6) is -1.84. The van der Waals surface area contributed by atoms with Gasteiger partial charge in [-0.15, -0.1) is 0 Å². The monoisotopic (exact) mass is 402 g/mol. The molecule has 0 saturated carbocycles. The number of carbonyl (C=O) groups is 3. The van der Waals surface area contributed by atoms with E-state index in [2.05, 4.69) is 10.1 Å². The summed E-state index contributed by atoms with van der Waals surface area (Å²) in [4.78, 5) is 59.7. The van der Waals surface area contributed by atoms with Crippen LogP contribution in [0.5, 0.6) is 0 Å². The first kappa shape index (κ1) is 21.3. The van der Waals surface area contributed by atoms with Gasteiger partial charge in [0.05, 0.1) is 17.6 Å². The molecular weight excluding hydrogens is 384 g/mol. The summed E-state index contributed by atoms with van der Waals surface area (Å²) in [5, 5.41) is 13.6. The van der Waals surface area contributed by atoms with Crippen LogP contribution in [-0.2, 0) is 16.1 Å². The van der Waals surface area contributed by atoms with Crippen molar-refractivity contribution in [3.63, 3.8) is 0 Å². The summed E-state index contributed by atoms with van der Waals surface area (Å²) in [6, 6.07) is 6.93. The van der Waals surface area contributed by atoms with E-state index in [9.17, 15) is 29.3 Å². The number of rotatable bonds is 6. The van der Waals surface area contributed by atoms with Gasteiger partial charge in [0.2, 0.25) is 5.91 Å². The molecule has 0 aliphatic rings. The van der Waals surface area contributed by atoms with E-state index >= 15 is 0 Å². The van der Waals surface area contributed by atoms with Gasteiger partial charge in [0.15, 0.2) is 0 Å². The third-order valence-electron chi connectivity index (χ3n) is 3.80. The van der Waals surface area contributed by atoms with Crippen LogP contribution in [0.25, 0.3) is 0 Å². The maximum absolute atomic E-state index is 12.3. The van der Waals surface area contributed by atoms with Gasteiger partial charge in [-0.05, 0) is 18.2 Å². The van der Waals surface area contributed by atoms with Crippen LogP contribution in [0.2, 0.25) is 0 Å². The zero-order valence-electron chi connectivity index (χ0n) is 15.9. The Kier molecular flexibility index (Phi) is 6.44. The SMILES string of the molecule is COC(=O)c1cc([N+](=O)[O-])c(=O)n(CC(=O)Nc2cccc(C(=O)N(C)C)c2)c1. The summed E-state index contributed by atoms with van der Waals surface area (Å²) in [6.07, 6.45) is 1.01. The molecule has 1 N–H and O–H groups in total. The lowest BCUT2D eigenvalue weighted by Gasteiger charge is -2.12. The van der Waals surface area contributed by atoms with E-state index in [1.807, 2.05) is 0 Å². The van der Waals surface area contributed by atoms with E-state index in [0.29, 0.717) is 11.3 Å². The van der Waals surface area contributed by atoms with Crippen molar-refractivity contribution in [2.24, 2.45) is 0 Å². The Bertz CT molecular complexity index is 1040. The Balaban J connectivity index is 2.29. The lowest BCUT2D eigenvalue weighted by atomic mass is 10.2. The van der Waals surface area contributed by atoms with Gasteiger partial charge < -0.3 is 15.0 Å². The second-order valence-corrected chi connectivity index (χ2v) is 6.12. The molecular formula is C18H18N4O7. The van der Waals surface area contributed by atoms with Crippen molar-refractivity contribution >= 4 is 29.2 Å². The molecule has 0 fully saturated rings. The number of hydrogen-bond acceptors (Lipinski definition) is 7. The van der Waals surface area contributed by atoms with E-state index in [1.165, 1.54) is 11.0 Å². The van der Waals surface area contributed by atoms with Crippen LogP contribution in [-0.4, -0.2) is 53.4 Å². The van der Waals surface area contributed by atoms with Crippen LogP contribution in [0.3, 0.4) is 0 Å². The smallest absolute Gasteiger partial charge is 0.339 e. The van der Waals surface area contributed by atoms with E-state index in [-0.39, 0.29) is 11.5 Å². The standard InChI is InChI=1S/C18H18N4O7/c1-20(2)16(24)11-5-4-6-13(7-11)19-15(23)10-21-9-12(18(26)29-3)8-14(17(21)25)22(27)28/h4-9H,10H2,1-3H3,(H,19,23). The fraction of sp³-hybridized carbons (Fsp3) is 0.222. The van der Waals surface area contributed by atoms with Crippen LogP contribution in [0.15, 0.2) is 41.3 Å². The molecule has 0 aliphatic heterocycles. The van der Waals surface area contributed by atoms with Gasteiger partial charge in [-0.25, -0.2) is 4.79 Å². The van der Waals surface area contributed by atoms with E-state index in [4.69, 9.17) is 0 Å². The number of nitro groups is 1. The quantitative estimate of drug-likeness (QED) is 0.429. The Labute approximate surface area is 164 Å². The number of esters is 1. The van der Waals surface area contributed by atoms with Crippen molar-refractivity contribution in [1.29, 1.82) is 0 Å². The number of anilines is 1. The van der Waals surface area contributed by atoms with Gasteiger partial charge in [0.25, 0.3) is 5.91 Å². The number of aromatic nitrogens is 1. The molecule has 2 aromatic rings. The highest BCUT2D eigenvalue weighted by Crippen LogP contribution is 2.13. The summed E-state index contributed by atoms with van der Waals surface area (Å²) in [6.45, 7) is -0.587. The fourth-order valence-corrected chi connectivity index (χ4v) is 2.44. The molecule has 11 nitrogen and oxygen atoms in total. The first-order valence-electron chi connectivity index (χ1n) is 8.22. The topological polar surface area (TPSA) is 141 Å². The second kappa shape index (κ2) is 8.78. The highest BCUT2D eigenvalue weighted by molar-refractivity contribution is 5.97. The molecule has 29 heavy (non-hydrogen) atoms. The largest absolute Gasteiger partial charge is 0.465 e. The molecule has 1 aromatic heterocycles. The normalized spacial score (nSPS) is 10.2. The summed E-state index contributed by atoms with van der Waals surface area (Å²) < 4.78 is 5.25. The van der Waals surface area contributed by atoms with Gasteiger partial charge in [0, 0.05) is 37.6 Å². The number of amides is 2. The third kappa shape index (κ3) is 5.03. The molecule has 0 atom stereocenters. The summed E-state index contributed by atoms with van der Waals surface area (Å²) in [5.41, 5.74) is -1.51. The highest BCUT2D eigenvalue weighted by atomic mass is 16.6. The predicted molar refractivity (Wildman–Crippen MR) is 102 cm³/mol. The van der Waals surface area contributed by atoms with E-state index in [1.54, 1.807) is 32.3 Å². The molecule has 0 unspecified atom stereocenters. The molecule has 1 aromatic carbocycles. The average molecular weight is 402 g/mol. The van der Waals surface area contributed by atoms with Gasteiger partial charge in [-0.2, -0.15) is 0 Å². The van der Waals surface area contributed by atoms with Gasteiger partial charge in [0.1, 0.15) is 6.54 Å². The van der Waals surface area contributed by atoms with Crippen LogP contribution < -0.4 is 10.9 Å². The number of hydrogen-bond donors (Lipinski definition) is 1. The lowest BCUT2D eigenvalue weighted by Crippen LogP contribution is -2.29. The minimum Gasteiger partial charge on any atom is -0.465 e. The van der Waals surface area contributed by atoms with Crippen LogP contribution in [0.1, 0.15) is 20.7 Å². The van der Waals surface area contributed by atoms with Crippen LogP contribution in [0, 0.1) is 10.1 Å². The molecule has 152 valence electrons. The lowest BCUT2D eigenvalue weighted by molar-refractivity contribution is -0.386.